The minimum absolute atomic E-state index is 0.0961. The molecular formula is C29H35N3O4S. The molecule has 8 heteroatoms. The van der Waals surface area contributed by atoms with Crippen molar-refractivity contribution < 1.29 is 18.0 Å². The van der Waals surface area contributed by atoms with E-state index in [1.165, 1.54) is 11.9 Å². The molecule has 0 saturated carbocycles. The van der Waals surface area contributed by atoms with Crippen LogP contribution in [0, 0.1) is 20.8 Å². The Morgan fingerprint density at radius 3 is 2.08 bits per heavy atom. The monoisotopic (exact) mass is 521 g/mol. The maximum atomic E-state index is 13.9. The maximum absolute atomic E-state index is 13.9. The normalized spacial score (nSPS) is 12.0. The van der Waals surface area contributed by atoms with E-state index in [2.05, 4.69) is 5.32 Å². The molecule has 196 valence electrons. The Hall–Kier alpha value is -3.65. The summed E-state index contributed by atoms with van der Waals surface area (Å²) in [4.78, 5) is 28.2. The van der Waals surface area contributed by atoms with Gasteiger partial charge in [0, 0.05) is 13.6 Å². The third kappa shape index (κ3) is 6.57. The van der Waals surface area contributed by atoms with Crippen LogP contribution in [0.2, 0.25) is 0 Å². The molecule has 0 saturated heterocycles. The van der Waals surface area contributed by atoms with Crippen molar-refractivity contribution in [2.24, 2.45) is 0 Å². The van der Waals surface area contributed by atoms with Crippen molar-refractivity contribution in [1.82, 2.24) is 10.2 Å². The number of nitrogens with one attached hydrogen (secondary N) is 1. The van der Waals surface area contributed by atoms with Crippen LogP contribution in [0.4, 0.5) is 5.69 Å². The number of benzene rings is 3. The van der Waals surface area contributed by atoms with E-state index >= 15 is 0 Å². The summed E-state index contributed by atoms with van der Waals surface area (Å²) in [6, 6.07) is 20.6. The fraction of sp³-hybridized carbons (Fsp3) is 0.310. The highest BCUT2D eigenvalue weighted by atomic mass is 32.2. The van der Waals surface area contributed by atoms with Gasteiger partial charge in [-0.3, -0.25) is 13.9 Å². The van der Waals surface area contributed by atoms with Crippen LogP contribution in [-0.4, -0.2) is 44.8 Å². The summed E-state index contributed by atoms with van der Waals surface area (Å²) in [5, 5.41) is 2.63. The van der Waals surface area contributed by atoms with Gasteiger partial charge in [0.25, 0.3) is 10.0 Å². The number of amides is 2. The largest absolute Gasteiger partial charge is 0.357 e. The lowest BCUT2D eigenvalue weighted by Crippen LogP contribution is -2.51. The van der Waals surface area contributed by atoms with E-state index in [1.807, 2.05) is 70.2 Å². The highest BCUT2D eigenvalue weighted by molar-refractivity contribution is 7.92. The molecule has 3 rings (SSSR count). The van der Waals surface area contributed by atoms with Gasteiger partial charge in [-0.1, -0.05) is 72.6 Å². The Bertz CT molecular complexity index is 1340. The third-order valence-corrected chi connectivity index (χ3v) is 8.11. The van der Waals surface area contributed by atoms with Gasteiger partial charge in [0.2, 0.25) is 11.8 Å². The van der Waals surface area contributed by atoms with Crippen LogP contribution >= 0.6 is 0 Å². The minimum atomic E-state index is -4.08. The molecule has 1 unspecified atom stereocenters. The standard InChI is InChI=1S/C29H35N3O4S/c1-6-26(29(34)30-5)31(19-24-10-8-7-9-11-24)28(33)20-32(27-17-14-22(3)18-23(27)4)37(35,36)25-15-12-21(2)13-16-25/h7-18,26H,6,19-20H2,1-5H3,(H,30,34). The summed E-state index contributed by atoms with van der Waals surface area (Å²) in [6.45, 7) is 7.20. The first-order valence-electron chi connectivity index (χ1n) is 12.3. The van der Waals surface area contributed by atoms with Crippen molar-refractivity contribution in [1.29, 1.82) is 0 Å². The molecule has 1 atom stereocenters. The fourth-order valence-corrected chi connectivity index (χ4v) is 5.78. The van der Waals surface area contributed by atoms with E-state index < -0.39 is 28.5 Å². The number of carbonyl (C=O) groups excluding carboxylic acids is 2. The topological polar surface area (TPSA) is 86.8 Å². The molecule has 7 nitrogen and oxygen atoms in total. The SMILES string of the molecule is CCC(C(=O)NC)N(Cc1ccccc1)C(=O)CN(c1ccc(C)cc1C)S(=O)(=O)c1ccc(C)cc1. The molecule has 0 spiro atoms. The third-order valence-electron chi connectivity index (χ3n) is 6.34. The van der Waals surface area contributed by atoms with Crippen molar-refractivity contribution in [3.63, 3.8) is 0 Å². The lowest BCUT2D eigenvalue weighted by molar-refractivity contribution is -0.140. The van der Waals surface area contributed by atoms with Crippen molar-refractivity contribution in [2.75, 3.05) is 17.9 Å². The molecule has 3 aromatic rings. The summed E-state index contributed by atoms with van der Waals surface area (Å²) < 4.78 is 29.0. The number of anilines is 1. The number of likely N-dealkylation sites (N-methyl/N-ethyl adjacent to an activating group) is 1. The van der Waals surface area contributed by atoms with Gasteiger partial charge in [-0.2, -0.15) is 0 Å². The zero-order valence-electron chi connectivity index (χ0n) is 22.1. The summed E-state index contributed by atoms with van der Waals surface area (Å²) in [7, 11) is -2.55. The van der Waals surface area contributed by atoms with E-state index in [1.54, 1.807) is 30.3 Å². The van der Waals surface area contributed by atoms with Crippen LogP contribution in [-0.2, 0) is 26.2 Å². The molecule has 37 heavy (non-hydrogen) atoms. The zero-order chi connectivity index (χ0) is 27.2. The van der Waals surface area contributed by atoms with Gasteiger partial charge in [-0.15, -0.1) is 0 Å². The van der Waals surface area contributed by atoms with Crippen LogP contribution in [0.1, 0.15) is 35.6 Å². The molecule has 0 aliphatic heterocycles. The number of carbonyl (C=O) groups is 2. The molecule has 0 bridgehead atoms. The van der Waals surface area contributed by atoms with E-state index in [4.69, 9.17) is 0 Å². The van der Waals surface area contributed by atoms with Crippen molar-refractivity contribution in [2.45, 2.75) is 51.6 Å². The van der Waals surface area contributed by atoms with Gasteiger partial charge in [0.15, 0.2) is 0 Å². The Labute approximate surface area is 220 Å². The van der Waals surface area contributed by atoms with Crippen LogP contribution in [0.15, 0.2) is 77.7 Å². The van der Waals surface area contributed by atoms with Gasteiger partial charge in [0.1, 0.15) is 12.6 Å². The predicted octanol–water partition coefficient (Wildman–Crippen LogP) is 4.36. The van der Waals surface area contributed by atoms with Gasteiger partial charge in [-0.25, -0.2) is 8.42 Å². The summed E-state index contributed by atoms with van der Waals surface area (Å²) in [5.74, 6) is -0.763. The van der Waals surface area contributed by atoms with Crippen LogP contribution in [0.25, 0.3) is 0 Å². The van der Waals surface area contributed by atoms with Gasteiger partial charge in [0.05, 0.1) is 10.6 Å². The second kappa shape index (κ2) is 12.1. The van der Waals surface area contributed by atoms with Crippen LogP contribution in [0.5, 0.6) is 0 Å². The lowest BCUT2D eigenvalue weighted by Gasteiger charge is -2.33. The fourth-order valence-electron chi connectivity index (χ4n) is 4.30. The van der Waals surface area contributed by atoms with Gasteiger partial charge < -0.3 is 10.2 Å². The van der Waals surface area contributed by atoms with Gasteiger partial charge >= 0.3 is 0 Å². The Balaban J connectivity index is 2.09. The first-order valence-corrected chi connectivity index (χ1v) is 13.7. The van der Waals surface area contributed by atoms with Crippen molar-refractivity contribution in [3.05, 3.63) is 95.1 Å². The summed E-state index contributed by atoms with van der Waals surface area (Å²) in [6.07, 6.45) is 0.381. The minimum Gasteiger partial charge on any atom is -0.357 e. The Morgan fingerprint density at radius 1 is 0.892 bits per heavy atom. The van der Waals surface area contributed by atoms with E-state index in [-0.39, 0.29) is 17.3 Å². The van der Waals surface area contributed by atoms with Crippen LogP contribution < -0.4 is 9.62 Å². The quantitative estimate of drug-likeness (QED) is 0.430. The number of hydrogen-bond acceptors (Lipinski definition) is 4. The molecule has 2 amide bonds. The number of sulfonamides is 1. The predicted molar refractivity (Wildman–Crippen MR) is 147 cm³/mol. The second-order valence-corrected chi connectivity index (χ2v) is 11.0. The maximum Gasteiger partial charge on any atom is 0.264 e. The Kier molecular flexibility index (Phi) is 9.10. The number of hydrogen-bond donors (Lipinski definition) is 1. The van der Waals surface area contributed by atoms with E-state index in [0.29, 0.717) is 12.1 Å². The molecule has 0 heterocycles. The molecule has 0 fully saturated rings. The lowest BCUT2D eigenvalue weighted by atomic mass is 10.1. The highest BCUT2D eigenvalue weighted by Crippen LogP contribution is 2.28. The molecule has 0 aliphatic carbocycles. The second-order valence-electron chi connectivity index (χ2n) is 9.16. The number of aryl methyl sites for hydroxylation is 3. The zero-order valence-corrected chi connectivity index (χ0v) is 22.9. The van der Waals surface area contributed by atoms with Crippen molar-refractivity contribution in [3.8, 4) is 0 Å². The number of nitrogens with zero attached hydrogens (tertiary/aromatic N) is 2. The van der Waals surface area contributed by atoms with E-state index in [0.717, 1.165) is 26.6 Å². The molecule has 0 aromatic heterocycles. The molecular weight excluding hydrogens is 486 g/mol. The van der Waals surface area contributed by atoms with Crippen LogP contribution in [0.3, 0.4) is 0 Å². The molecule has 0 aliphatic rings. The summed E-state index contributed by atoms with van der Waals surface area (Å²) in [5.41, 5.74) is 3.91. The molecule has 3 aromatic carbocycles. The Morgan fingerprint density at radius 2 is 1.51 bits per heavy atom. The first kappa shape index (κ1) is 27.9. The molecule has 0 radical (unpaired) electrons. The smallest absolute Gasteiger partial charge is 0.264 e. The summed E-state index contributed by atoms with van der Waals surface area (Å²) >= 11 is 0. The van der Waals surface area contributed by atoms with Gasteiger partial charge in [-0.05, 0) is 56.5 Å². The average Bonchev–Trinajstić information content (AvgIpc) is 2.88. The van der Waals surface area contributed by atoms with E-state index in [9.17, 15) is 18.0 Å². The van der Waals surface area contributed by atoms with Crippen molar-refractivity contribution >= 4 is 27.5 Å². The first-order chi connectivity index (χ1) is 17.6. The highest BCUT2D eigenvalue weighted by Gasteiger charge is 2.33. The molecule has 1 N–H and O–H groups in total. The number of rotatable bonds is 10. The average molecular weight is 522 g/mol.